The fraction of sp³-hybridized carbons (Fsp3) is 0.380. The van der Waals surface area contributed by atoms with Gasteiger partial charge in [-0.3, -0.25) is 9.89 Å². The molecule has 10 rings (SSSR count). The highest BCUT2D eigenvalue weighted by Gasteiger charge is 2.42. The van der Waals surface area contributed by atoms with Crippen molar-refractivity contribution in [2.24, 2.45) is 16.8 Å². The Bertz CT molecular complexity index is 2220. The lowest BCUT2D eigenvalue weighted by atomic mass is 9.68. The molecule has 52 heavy (non-hydrogen) atoms. The number of rotatable bonds is 4. The van der Waals surface area contributed by atoms with E-state index in [4.69, 9.17) is 0 Å². The minimum atomic E-state index is 0.357. The van der Waals surface area contributed by atoms with Crippen LogP contribution >= 0.6 is 0 Å². The molecule has 5 atom stereocenters. The van der Waals surface area contributed by atoms with Gasteiger partial charge < -0.3 is 0 Å². The van der Waals surface area contributed by atoms with Crippen LogP contribution in [0.25, 0.3) is 17.2 Å². The van der Waals surface area contributed by atoms with Crippen LogP contribution in [0, 0.1) is 11.8 Å². The van der Waals surface area contributed by atoms with Gasteiger partial charge in [0, 0.05) is 30.8 Å². The predicted molar refractivity (Wildman–Crippen MR) is 218 cm³/mol. The summed E-state index contributed by atoms with van der Waals surface area (Å²) in [6.07, 6.45) is 37.8. The van der Waals surface area contributed by atoms with Gasteiger partial charge in [-0.2, -0.15) is 0 Å². The highest BCUT2D eigenvalue weighted by molar-refractivity contribution is 5.85. The Kier molecular flexibility index (Phi) is 8.48. The Morgan fingerprint density at radius 2 is 1.60 bits per heavy atom. The van der Waals surface area contributed by atoms with E-state index in [0.29, 0.717) is 18.0 Å². The van der Waals surface area contributed by atoms with Crippen LogP contribution in [0.1, 0.15) is 94.6 Å². The summed E-state index contributed by atoms with van der Waals surface area (Å²) in [7, 11) is 0. The van der Waals surface area contributed by atoms with E-state index in [1.54, 1.807) is 27.9 Å². The van der Waals surface area contributed by atoms with Crippen LogP contribution in [0.15, 0.2) is 141 Å². The van der Waals surface area contributed by atoms with Crippen LogP contribution in [0.2, 0.25) is 0 Å². The lowest BCUT2D eigenvalue weighted by Gasteiger charge is -2.49. The number of aliphatic imine (C=N–C) groups is 1. The van der Waals surface area contributed by atoms with E-state index in [9.17, 15) is 0 Å². The van der Waals surface area contributed by atoms with E-state index in [1.165, 1.54) is 76.0 Å². The molecule has 5 unspecified atom stereocenters. The molecular formula is C50H52N2. The monoisotopic (exact) mass is 680 g/mol. The molecule has 262 valence electrons. The maximum atomic E-state index is 4.60. The first-order valence-corrected chi connectivity index (χ1v) is 20.4. The van der Waals surface area contributed by atoms with Crippen LogP contribution in [0.5, 0.6) is 0 Å². The quantitative estimate of drug-likeness (QED) is 0.294. The third-order valence-electron chi connectivity index (χ3n) is 14.0. The van der Waals surface area contributed by atoms with Crippen LogP contribution in [0.3, 0.4) is 0 Å². The van der Waals surface area contributed by atoms with Crippen molar-refractivity contribution >= 4 is 23.4 Å². The number of benzene rings is 2. The van der Waals surface area contributed by atoms with Gasteiger partial charge in [0.25, 0.3) is 0 Å². The molecule has 2 heterocycles. The Balaban J connectivity index is 1.17. The molecule has 1 saturated carbocycles. The number of fused-ring (bicyclic) bond motifs is 5. The molecular weight excluding hydrogens is 629 g/mol. The highest BCUT2D eigenvalue weighted by atomic mass is 15.2. The zero-order valence-electron chi connectivity index (χ0n) is 30.9. The average molecular weight is 681 g/mol. The minimum absolute atomic E-state index is 0.357. The molecule has 2 heteroatoms. The van der Waals surface area contributed by atoms with E-state index in [0.717, 1.165) is 63.5 Å². The number of allylic oxidation sites excluding steroid dienone is 9. The van der Waals surface area contributed by atoms with Crippen molar-refractivity contribution in [3.8, 4) is 0 Å². The summed E-state index contributed by atoms with van der Waals surface area (Å²) in [4.78, 5) is 7.66. The third kappa shape index (κ3) is 5.52. The average Bonchev–Trinajstić information content (AvgIpc) is 3.75. The maximum Gasteiger partial charge on any atom is 0.0643 e. The standard InChI is InChI=1S/C50H52N2/c1-33-38-16-6-7-19-44(38)48(47-27-26-42(37-28-29-51-31-37)45-20-8-9-21-46(45)47)32-52(49-23-11-15-35-13-3-5-18-43(35)49)50-30-36(24-25-39(33)50)41-22-10-14-34-12-2-4-17-40(34)41/h2,4,6,8-12,14,16-17,20-21,23-25,28-29,35,41,43,49-50H,3,5,7,13,15,18-19,22,26-27,30-32H2,1H3/b38-33+,48-44+. The van der Waals surface area contributed by atoms with Crippen molar-refractivity contribution < 1.29 is 0 Å². The van der Waals surface area contributed by atoms with E-state index < -0.39 is 0 Å². The first kappa shape index (κ1) is 32.4. The summed E-state index contributed by atoms with van der Waals surface area (Å²) in [6.45, 7) is 4.31. The Hall–Kier alpha value is -4.27. The summed E-state index contributed by atoms with van der Waals surface area (Å²) in [6, 6.07) is 19.3. The summed E-state index contributed by atoms with van der Waals surface area (Å²) < 4.78 is 0. The second kappa shape index (κ2) is 13.6. The molecule has 8 aliphatic rings. The first-order valence-electron chi connectivity index (χ1n) is 20.4. The number of nitrogens with zero attached hydrogens (tertiary/aromatic N) is 2. The molecule has 2 aromatic rings. The maximum absolute atomic E-state index is 4.60. The molecule has 0 aromatic heterocycles. The molecule has 2 nitrogen and oxygen atoms in total. The van der Waals surface area contributed by atoms with Gasteiger partial charge in [0.1, 0.15) is 0 Å². The summed E-state index contributed by atoms with van der Waals surface area (Å²) >= 11 is 0. The zero-order valence-corrected chi connectivity index (χ0v) is 30.9. The van der Waals surface area contributed by atoms with Crippen LogP contribution in [-0.4, -0.2) is 36.3 Å². The summed E-state index contributed by atoms with van der Waals surface area (Å²) in [5.74, 6) is 2.01. The van der Waals surface area contributed by atoms with Gasteiger partial charge in [-0.25, -0.2) is 0 Å². The topological polar surface area (TPSA) is 15.6 Å². The second-order valence-electron chi connectivity index (χ2n) is 16.6. The Morgan fingerprint density at radius 1 is 0.750 bits per heavy atom. The molecule has 0 saturated heterocycles. The van der Waals surface area contributed by atoms with E-state index >= 15 is 0 Å². The molecule has 2 aromatic carbocycles. The molecule has 1 fully saturated rings. The van der Waals surface area contributed by atoms with E-state index in [-0.39, 0.29) is 0 Å². The zero-order chi connectivity index (χ0) is 34.6. The summed E-state index contributed by atoms with van der Waals surface area (Å²) in [5, 5.41) is 2.90. The van der Waals surface area contributed by atoms with Crippen LogP contribution in [0.4, 0.5) is 0 Å². The van der Waals surface area contributed by atoms with Crippen molar-refractivity contribution in [1.82, 2.24) is 4.90 Å². The van der Waals surface area contributed by atoms with Gasteiger partial charge in [0.05, 0.1) is 6.54 Å². The van der Waals surface area contributed by atoms with Gasteiger partial charge in [0.2, 0.25) is 0 Å². The lowest BCUT2D eigenvalue weighted by Crippen LogP contribution is -2.52. The largest absolute Gasteiger partial charge is 0.288 e. The van der Waals surface area contributed by atoms with Crippen molar-refractivity contribution in [2.75, 3.05) is 13.1 Å². The Labute approximate surface area is 310 Å². The van der Waals surface area contributed by atoms with Gasteiger partial charge in [-0.1, -0.05) is 116 Å². The predicted octanol–water partition coefficient (Wildman–Crippen LogP) is 10.0. The number of hydrogen-bond donors (Lipinski definition) is 0. The minimum Gasteiger partial charge on any atom is -0.288 e. The Morgan fingerprint density at radius 3 is 2.50 bits per heavy atom. The van der Waals surface area contributed by atoms with Gasteiger partial charge in [0.15, 0.2) is 0 Å². The van der Waals surface area contributed by atoms with Crippen molar-refractivity contribution in [3.63, 3.8) is 0 Å². The fourth-order valence-corrected chi connectivity index (χ4v) is 11.5. The van der Waals surface area contributed by atoms with Gasteiger partial charge >= 0.3 is 0 Å². The molecule has 0 bridgehead atoms. The number of hydrogen-bond acceptors (Lipinski definition) is 2. The van der Waals surface area contributed by atoms with Gasteiger partial charge in [-0.15, -0.1) is 0 Å². The normalized spacial score (nSPS) is 32.5. The smallest absolute Gasteiger partial charge is 0.0643 e. The summed E-state index contributed by atoms with van der Waals surface area (Å²) in [5.41, 5.74) is 16.8. The molecule has 0 radical (unpaired) electrons. The van der Waals surface area contributed by atoms with Gasteiger partial charge in [-0.05, 0) is 149 Å². The molecule has 0 N–H and O–H groups in total. The van der Waals surface area contributed by atoms with Crippen molar-refractivity contribution in [3.05, 3.63) is 158 Å². The molecule has 6 aliphatic carbocycles. The molecule has 2 aliphatic heterocycles. The van der Waals surface area contributed by atoms with Crippen molar-refractivity contribution in [2.45, 2.75) is 95.6 Å². The second-order valence-corrected chi connectivity index (χ2v) is 16.6. The van der Waals surface area contributed by atoms with Crippen molar-refractivity contribution in [1.29, 1.82) is 0 Å². The van der Waals surface area contributed by atoms with Crippen LogP contribution in [-0.2, 0) is 0 Å². The third-order valence-corrected chi connectivity index (χ3v) is 14.0. The highest BCUT2D eigenvalue weighted by Crippen LogP contribution is 2.48. The molecule has 0 amide bonds. The SMILES string of the molecule is C/C1=C2/C=CCC/C2=C(\C2=c3ccccc3=C(C3=CC=NC3)CC2)CN(C2C=CCC3CCCCC32)C2CC(C3CC=Cc4ccccc43)=CC=C12. The lowest BCUT2D eigenvalue weighted by molar-refractivity contribution is 0.0842. The fourth-order valence-electron chi connectivity index (χ4n) is 11.5. The van der Waals surface area contributed by atoms with Crippen LogP contribution < -0.4 is 10.4 Å². The first-order chi connectivity index (χ1) is 25.7. The van der Waals surface area contributed by atoms with E-state index in [2.05, 4.69) is 120 Å². The van der Waals surface area contributed by atoms with E-state index in [1.807, 2.05) is 6.21 Å². The molecule has 0 spiro atoms.